The quantitative estimate of drug-likeness (QED) is 0.794. The first kappa shape index (κ1) is 18.9. The van der Waals surface area contributed by atoms with Crippen LogP contribution in [-0.4, -0.2) is 38.8 Å². The molecule has 0 saturated heterocycles. The fourth-order valence-corrected chi connectivity index (χ4v) is 5.38. The number of halogens is 1. The number of hydrogen-bond acceptors (Lipinski definition) is 4. The van der Waals surface area contributed by atoms with Crippen LogP contribution in [0.2, 0.25) is 0 Å². The highest BCUT2D eigenvalue weighted by Gasteiger charge is 2.40. The molecular formula is C18H19BrN2O4S. The molecule has 1 heterocycles. The maximum absolute atomic E-state index is 13.4. The Morgan fingerprint density at radius 1 is 1.23 bits per heavy atom. The van der Waals surface area contributed by atoms with E-state index in [4.69, 9.17) is 4.74 Å². The van der Waals surface area contributed by atoms with Crippen molar-refractivity contribution in [1.82, 2.24) is 9.62 Å². The highest BCUT2D eigenvalue weighted by Crippen LogP contribution is 2.34. The van der Waals surface area contributed by atoms with Crippen LogP contribution in [0.5, 0.6) is 5.75 Å². The number of methoxy groups -OCH3 is 1. The van der Waals surface area contributed by atoms with E-state index in [0.29, 0.717) is 10.9 Å². The summed E-state index contributed by atoms with van der Waals surface area (Å²) in [5.41, 5.74) is 1.87. The number of sulfonamides is 1. The number of ether oxygens (including phenoxy) is 1. The average molecular weight is 439 g/mol. The fourth-order valence-electron chi connectivity index (χ4n) is 3.12. The molecular weight excluding hydrogens is 420 g/mol. The lowest BCUT2D eigenvalue weighted by Crippen LogP contribution is -2.51. The molecule has 3 rings (SSSR count). The van der Waals surface area contributed by atoms with Crippen molar-refractivity contribution < 1.29 is 17.9 Å². The van der Waals surface area contributed by atoms with Gasteiger partial charge >= 0.3 is 0 Å². The Bertz CT molecular complexity index is 946. The molecule has 1 amide bonds. The van der Waals surface area contributed by atoms with Gasteiger partial charge in [0, 0.05) is 18.1 Å². The van der Waals surface area contributed by atoms with Gasteiger partial charge in [0.1, 0.15) is 16.7 Å². The van der Waals surface area contributed by atoms with E-state index in [-0.39, 0.29) is 23.1 Å². The van der Waals surface area contributed by atoms with Gasteiger partial charge in [0.05, 0.1) is 7.11 Å². The number of benzene rings is 2. The van der Waals surface area contributed by atoms with Crippen LogP contribution in [0.15, 0.2) is 51.8 Å². The molecule has 2 aromatic carbocycles. The lowest BCUT2D eigenvalue weighted by molar-refractivity contribution is -0.124. The third-order valence-corrected chi connectivity index (χ3v) is 6.84. The summed E-state index contributed by atoms with van der Waals surface area (Å²) < 4.78 is 33.9. The topological polar surface area (TPSA) is 75.7 Å². The summed E-state index contributed by atoms with van der Waals surface area (Å²) in [7, 11) is -1.03. The molecule has 0 radical (unpaired) electrons. The molecule has 1 aliphatic rings. The standard InChI is InChI=1S/C18H19BrN2O4S/c1-20-18(22)15-9-12-5-3-4-6-13(12)11-21(15)26(23,24)17-10-14(19)7-8-16(17)25-2/h3-8,10,15H,9,11H2,1-2H3,(H,20,22). The third kappa shape index (κ3) is 3.36. The van der Waals surface area contributed by atoms with Gasteiger partial charge < -0.3 is 10.1 Å². The van der Waals surface area contributed by atoms with E-state index in [2.05, 4.69) is 21.2 Å². The van der Waals surface area contributed by atoms with E-state index in [1.165, 1.54) is 24.5 Å². The van der Waals surface area contributed by atoms with Crippen molar-refractivity contribution in [3.63, 3.8) is 0 Å². The zero-order valence-corrected chi connectivity index (χ0v) is 16.8. The van der Waals surface area contributed by atoms with Crippen LogP contribution in [0.1, 0.15) is 11.1 Å². The third-order valence-electron chi connectivity index (χ3n) is 4.47. The lowest BCUT2D eigenvalue weighted by Gasteiger charge is -2.35. The number of amides is 1. The summed E-state index contributed by atoms with van der Waals surface area (Å²) in [5.74, 6) is -0.0974. The molecule has 1 N–H and O–H groups in total. The fraction of sp³-hybridized carbons (Fsp3) is 0.278. The molecule has 0 bridgehead atoms. The molecule has 0 aliphatic carbocycles. The maximum atomic E-state index is 13.4. The molecule has 26 heavy (non-hydrogen) atoms. The van der Waals surface area contributed by atoms with Gasteiger partial charge in [-0.1, -0.05) is 40.2 Å². The number of nitrogens with zero attached hydrogens (tertiary/aromatic N) is 1. The average Bonchev–Trinajstić information content (AvgIpc) is 2.66. The second-order valence-corrected chi connectivity index (χ2v) is 8.72. The van der Waals surface area contributed by atoms with Crippen molar-refractivity contribution in [3.8, 4) is 5.75 Å². The van der Waals surface area contributed by atoms with Crippen molar-refractivity contribution in [2.24, 2.45) is 0 Å². The Morgan fingerprint density at radius 2 is 1.92 bits per heavy atom. The van der Waals surface area contributed by atoms with Gasteiger partial charge in [-0.2, -0.15) is 4.31 Å². The highest BCUT2D eigenvalue weighted by molar-refractivity contribution is 9.10. The normalized spacial score (nSPS) is 17.4. The molecule has 8 heteroatoms. The van der Waals surface area contributed by atoms with E-state index in [1.807, 2.05) is 24.3 Å². The van der Waals surface area contributed by atoms with E-state index in [1.54, 1.807) is 12.1 Å². The zero-order valence-electron chi connectivity index (χ0n) is 14.4. The van der Waals surface area contributed by atoms with E-state index < -0.39 is 16.1 Å². The number of rotatable bonds is 4. The summed E-state index contributed by atoms with van der Waals surface area (Å²) in [6.45, 7) is 0.131. The first-order valence-electron chi connectivity index (χ1n) is 8.02. The Kier molecular flexibility index (Phi) is 5.36. The first-order valence-corrected chi connectivity index (χ1v) is 10.3. The summed E-state index contributed by atoms with van der Waals surface area (Å²) in [4.78, 5) is 12.5. The Labute approximate surface area is 161 Å². The van der Waals surface area contributed by atoms with Gasteiger partial charge in [-0.05, 0) is 35.7 Å². The summed E-state index contributed by atoms with van der Waals surface area (Å²) in [6, 6.07) is 11.5. The summed E-state index contributed by atoms with van der Waals surface area (Å²) in [6.07, 6.45) is 0.325. The Balaban J connectivity index is 2.13. The lowest BCUT2D eigenvalue weighted by atomic mass is 9.95. The van der Waals surface area contributed by atoms with Gasteiger partial charge in [-0.25, -0.2) is 8.42 Å². The monoisotopic (exact) mass is 438 g/mol. The van der Waals surface area contributed by atoms with Crippen molar-refractivity contribution in [2.75, 3.05) is 14.2 Å². The van der Waals surface area contributed by atoms with Gasteiger partial charge in [-0.3, -0.25) is 4.79 Å². The minimum absolute atomic E-state index is 0.0302. The van der Waals surface area contributed by atoms with Gasteiger partial charge in [0.15, 0.2) is 0 Å². The maximum Gasteiger partial charge on any atom is 0.247 e. The number of fused-ring (bicyclic) bond motifs is 1. The largest absolute Gasteiger partial charge is 0.495 e. The van der Waals surface area contributed by atoms with Crippen LogP contribution in [0.3, 0.4) is 0 Å². The number of likely N-dealkylation sites (N-methyl/N-ethyl adjacent to an activating group) is 1. The minimum Gasteiger partial charge on any atom is -0.495 e. The van der Waals surface area contributed by atoms with Gasteiger partial charge in [0.25, 0.3) is 0 Å². The van der Waals surface area contributed by atoms with Crippen LogP contribution in [0.25, 0.3) is 0 Å². The first-order chi connectivity index (χ1) is 12.4. The number of carbonyl (C=O) groups excluding carboxylic acids is 1. The molecule has 0 saturated carbocycles. The van der Waals surface area contributed by atoms with E-state index in [9.17, 15) is 13.2 Å². The molecule has 138 valence electrons. The second-order valence-electron chi connectivity index (χ2n) is 5.95. The zero-order chi connectivity index (χ0) is 18.9. The van der Waals surface area contributed by atoms with Gasteiger partial charge in [-0.15, -0.1) is 0 Å². The predicted molar refractivity (Wildman–Crippen MR) is 101 cm³/mol. The van der Waals surface area contributed by atoms with E-state index in [0.717, 1.165) is 11.1 Å². The molecule has 6 nitrogen and oxygen atoms in total. The minimum atomic E-state index is -3.96. The molecule has 2 aromatic rings. The van der Waals surface area contributed by atoms with Crippen molar-refractivity contribution in [3.05, 3.63) is 58.1 Å². The SMILES string of the molecule is CNC(=O)C1Cc2ccccc2CN1S(=O)(=O)c1cc(Br)ccc1OC. The van der Waals surface area contributed by atoms with Crippen molar-refractivity contribution in [1.29, 1.82) is 0 Å². The number of nitrogens with one attached hydrogen (secondary N) is 1. The molecule has 0 fully saturated rings. The molecule has 1 atom stereocenters. The highest BCUT2D eigenvalue weighted by atomic mass is 79.9. The van der Waals surface area contributed by atoms with Crippen LogP contribution in [0, 0.1) is 0 Å². The summed E-state index contributed by atoms with van der Waals surface area (Å²) in [5, 5.41) is 2.57. The number of hydrogen-bond donors (Lipinski definition) is 1. The van der Waals surface area contributed by atoms with Crippen LogP contribution < -0.4 is 10.1 Å². The summed E-state index contributed by atoms with van der Waals surface area (Å²) >= 11 is 3.31. The predicted octanol–water partition coefficient (Wildman–Crippen LogP) is 2.32. The van der Waals surface area contributed by atoms with Crippen LogP contribution in [-0.2, 0) is 27.8 Å². The molecule has 1 unspecified atom stereocenters. The Morgan fingerprint density at radius 3 is 2.58 bits per heavy atom. The smallest absolute Gasteiger partial charge is 0.247 e. The van der Waals surface area contributed by atoms with Gasteiger partial charge in [0.2, 0.25) is 15.9 Å². The van der Waals surface area contributed by atoms with E-state index >= 15 is 0 Å². The molecule has 0 aromatic heterocycles. The second kappa shape index (κ2) is 7.38. The number of carbonyl (C=O) groups is 1. The Hall–Kier alpha value is -1.90. The van der Waals surface area contributed by atoms with Crippen molar-refractivity contribution >= 4 is 31.9 Å². The molecule has 0 spiro atoms. The molecule has 1 aliphatic heterocycles. The van der Waals surface area contributed by atoms with Crippen LogP contribution >= 0.6 is 15.9 Å². The van der Waals surface area contributed by atoms with Crippen LogP contribution in [0.4, 0.5) is 0 Å². The van der Waals surface area contributed by atoms with Crippen molar-refractivity contribution in [2.45, 2.75) is 23.9 Å².